The first kappa shape index (κ1) is 84.7. The number of hydrogen-bond acceptors (Lipinski definition) is 17. The standard InChI is InChI=1S/C27H39N3O3.C26H37BrN4O3.C21H35N3O3.C5H3BrFN/c1-21(33-2)20-30(18-15-23(27(31)32)19-25-11-5-7-16-28-25)17-8-6-10-24-14-13-22-9-3-4-12-26(22)29-24;1-19(34-2)18-31(16-13-24(26(32)33)30-25-17-21(27)12-14-28-25)15-6-5-8-22-11-10-20-7-3-4-9-23(20)29-22;1-16(27-2)15-24(14-12-19(22)21(25)26)13-6-5-8-18-11-10-17-7-3-4-9-20(17)23-18;6-4-1-2-8-5(7)3-4/h5,7,11,13-14,16,21,23H,3-4,6,8-10,12,15,17-20H2,1-2H3,(H,31,32);10-12,14,17,19,24H,3-9,13,15-16,18H2,1-2H3,(H,28,30)(H,32,33);10-11,16,19H,3-9,12-15,22H2,1-2H3,(H,25,26);1-3H/t21-,23-;19-,24+;16-,19-;/m111./s1. The summed E-state index contributed by atoms with van der Waals surface area (Å²) in [6, 6.07) is 24.1. The SMILES string of the molecule is CO[C@H](C)CN(CCCCc1ccc2c(n1)CCCC2)CC[C@@H](N)C(=O)O.CO[C@H](C)CN(CCCCc1ccc2c(n1)CCCC2)CC[C@H](Cc1ccccn1)C(=O)O.CO[C@H](C)CN(CCCCc1ccc2c(n1)CCCC2)CC[C@H](Nc1cc(Br)ccn1)C(=O)O.Fc1cc(Br)ccn1. The van der Waals surface area contributed by atoms with Crippen molar-refractivity contribution in [1.29, 1.82) is 0 Å². The molecule has 6 heterocycles. The first-order valence-electron chi connectivity index (χ1n) is 36.9. The van der Waals surface area contributed by atoms with E-state index in [0.29, 0.717) is 49.1 Å². The highest BCUT2D eigenvalue weighted by atomic mass is 79.9. The lowest BCUT2D eigenvalue weighted by Crippen LogP contribution is -2.38. The molecule has 0 fully saturated rings. The largest absolute Gasteiger partial charge is 0.481 e. The predicted molar refractivity (Wildman–Crippen MR) is 408 cm³/mol. The van der Waals surface area contributed by atoms with Gasteiger partial charge in [-0.05, 0) is 266 Å². The third kappa shape index (κ3) is 33.2. The monoisotopic (exact) mass is 1540 g/mol. The highest BCUT2D eigenvalue weighted by molar-refractivity contribution is 9.10. The number of nitrogens with one attached hydrogen (secondary N) is 1. The Balaban J connectivity index is 0.000000229. The lowest BCUT2D eigenvalue weighted by Gasteiger charge is -2.26. The summed E-state index contributed by atoms with van der Waals surface area (Å²) in [6.07, 6.45) is 30.9. The van der Waals surface area contributed by atoms with Gasteiger partial charge in [0, 0.05) is 134 Å². The van der Waals surface area contributed by atoms with Crippen LogP contribution < -0.4 is 11.1 Å². The van der Waals surface area contributed by atoms with Crippen molar-refractivity contribution in [1.82, 2.24) is 44.6 Å². The van der Waals surface area contributed by atoms with E-state index >= 15 is 0 Å². The molecule has 23 heteroatoms. The fourth-order valence-electron chi connectivity index (χ4n) is 12.9. The normalized spacial score (nSPS) is 15.0. The summed E-state index contributed by atoms with van der Waals surface area (Å²) in [6.45, 7) is 13.4. The van der Waals surface area contributed by atoms with Gasteiger partial charge in [0.1, 0.15) is 17.9 Å². The van der Waals surface area contributed by atoms with Crippen molar-refractivity contribution in [3.05, 3.63) is 169 Å². The zero-order valence-corrected chi connectivity index (χ0v) is 64.4. The van der Waals surface area contributed by atoms with Crippen LogP contribution in [0.15, 0.2) is 106 Å². The van der Waals surface area contributed by atoms with Crippen LogP contribution in [0.1, 0.15) is 174 Å². The number of rotatable bonds is 40. The molecule has 6 N–H and O–H groups in total. The number of methoxy groups -OCH3 is 3. The number of halogens is 3. The lowest BCUT2D eigenvalue weighted by atomic mass is 9.95. The third-order valence-electron chi connectivity index (χ3n) is 19.1. The minimum Gasteiger partial charge on any atom is -0.481 e. The fourth-order valence-corrected chi connectivity index (χ4v) is 13.5. The second kappa shape index (κ2) is 48.0. The second-order valence-corrected chi connectivity index (χ2v) is 29.2. The van der Waals surface area contributed by atoms with Gasteiger partial charge < -0.3 is 55.3 Å². The Morgan fingerprint density at radius 1 is 0.500 bits per heavy atom. The quantitative estimate of drug-likeness (QED) is 0.0177. The second-order valence-electron chi connectivity index (χ2n) is 27.3. The number of aliphatic carboxylic acids is 3. The van der Waals surface area contributed by atoms with E-state index in [1.54, 1.807) is 45.9 Å². The summed E-state index contributed by atoms with van der Waals surface area (Å²) in [5.41, 5.74) is 18.3. The Bertz CT molecular complexity index is 3380. The number of anilines is 1. The molecule has 0 saturated heterocycles. The van der Waals surface area contributed by atoms with Crippen LogP contribution in [-0.4, -0.2) is 188 Å². The van der Waals surface area contributed by atoms with E-state index in [1.165, 1.54) is 121 Å². The Morgan fingerprint density at radius 2 is 0.931 bits per heavy atom. The number of aryl methyl sites for hydroxylation is 9. The zero-order valence-electron chi connectivity index (χ0n) is 61.3. The molecule has 0 spiro atoms. The molecule has 0 aliphatic heterocycles. The van der Waals surface area contributed by atoms with E-state index in [0.717, 1.165) is 133 Å². The molecule has 3 aliphatic carbocycles. The number of carbonyl (C=O) groups is 3. The molecular weight excluding hydrogens is 1430 g/mol. The van der Waals surface area contributed by atoms with E-state index in [1.807, 2.05) is 38.1 Å². The molecule has 20 nitrogen and oxygen atoms in total. The maximum absolute atomic E-state index is 12.0. The number of ether oxygens (including phenoxy) is 3. The maximum atomic E-state index is 12.0. The fraction of sp³-hybridized carbons (Fsp3) is 0.582. The molecule has 0 aromatic carbocycles. The van der Waals surface area contributed by atoms with Gasteiger partial charge >= 0.3 is 17.9 Å². The van der Waals surface area contributed by atoms with Crippen molar-refractivity contribution < 1.29 is 48.3 Å². The van der Waals surface area contributed by atoms with Gasteiger partial charge in [-0.25, -0.2) is 14.8 Å². The van der Waals surface area contributed by atoms with Crippen LogP contribution in [0.3, 0.4) is 0 Å². The van der Waals surface area contributed by atoms with Crippen molar-refractivity contribution in [2.75, 3.05) is 85.5 Å². The van der Waals surface area contributed by atoms with E-state index in [9.17, 15) is 29.0 Å². The Kier molecular flexibility index (Phi) is 39.8. The predicted octanol–water partition coefficient (Wildman–Crippen LogP) is 13.5. The van der Waals surface area contributed by atoms with E-state index in [4.69, 9.17) is 40.0 Å². The van der Waals surface area contributed by atoms with Gasteiger partial charge in [0.25, 0.3) is 0 Å². The number of nitrogens with two attached hydrogens (primary N) is 1. The average molecular weight is 1540 g/mol. The minimum atomic E-state index is -0.937. The molecule has 0 saturated carbocycles. The van der Waals surface area contributed by atoms with E-state index in [2.05, 4.69) is 110 Å². The highest BCUT2D eigenvalue weighted by Crippen LogP contribution is 2.24. The summed E-state index contributed by atoms with van der Waals surface area (Å²) in [7, 11) is 5.14. The van der Waals surface area contributed by atoms with Gasteiger partial charge in [-0.15, -0.1) is 0 Å². The van der Waals surface area contributed by atoms with Crippen molar-refractivity contribution >= 4 is 55.6 Å². The number of carboxylic acid groups (broad SMARTS) is 3. The smallest absolute Gasteiger partial charge is 0.326 e. The third-order valence-corrected chi connectivity index (χ3v) is 20.1. The minimum absolute atomic E-state index is 0.0882. The van der Waals surface area contributed by atoms with E-state index < -0.39 is 41.9 Å². The summed E-state index contributed by atoms with van der Waals surface area (Å²) in [5.74, 6) is -2.90. The van der Waals surface area contributed by atoms with Crippen LogP contribution in [0, 0.1) is 11.9 Å². The highest BCUT2D eigenvalue weighted by Gasteiger charge is 2.24. The molecule has 6 aromatic rings. The Morgan fingerprint density at radius 3 is 1.31 bits per heavy atom. The van der Waals surface area contributed by atoms with Crippen LogP contribution in [0.5, 0.6) is 0 Å². The van der Waals surface area contributed by atoms with Crippen molar-refractivity contribution in [2.24, 2.45) is 11.7 Å². The van der Waals surface area contributed by atoms with E-state index in [-0.39, 0.29) is 18.3 Å². The van der Waals surface area contributed by atoms with Gasteiger partial charge in [0.15, 0.2) is 0 Å². The van der Waals surface area contributed by atoms with Crippen molar-refractivity contribution in [2.45, 2.75) is 212 Å². The van der Waals surface area contributed by atoms with Crippen molar-refractivity contribution in [3.63, 3.8) is 0 Å². The van der Waals surface area contributed by atoms with Crippen LogP contribution in [0.4, 0.5) is 10.2 Å². The number of pyridine rings is 6. The zero-order chi connectivity index (χ0) is 73.4. The summed E-state index contributed by atoms with van der Waals surface area (Å²) in [4.78, 5) is 68.1. The van der Waals surface area contributed by atoms with Gasteiger partial charge in [0.2, 0.25) is 5.95 Å². The molecule has 0 unspecified atom stereocenters. The maximum Gasteiger partial charge on any atom is 0.326 e. The molecule has 9 rings (SSSR count). The van der Waals surface area contributed by atoms with Gasteiger partial charge in [-0.2, -0.15) is 4.39 Å². The first-order chi connectivity index (χ1) is 49.3. The molecular formula is C79H114Br2FN11O9. The number of aromatic nitrogens is 6. The first-order valence-corrected chi connectivity index (χ1v) is 38.5. The number of nitrogens with zero attached hydrogens (tertiary/aromatic N) is 9. The molecule has 0 radical (unpaired) electrons. The average Bonchev–Trinajstić information content (AvgIpc) is 1.12. The number of unbranched alkanes of at least 4 members (excludes halogenated alkanes) is 3. The number of hydrogen-bond donors (Lipinski definition) is 5. The topological polar surface area (TPSA) is 265 Å². The summed E-state index contributed by atoms with van der Waals surface area (Å²) in [5, 5.41) is 31.5. The molecule has 3 aliphatic rings. The van der Waals surface area contributed by atoms with Crippen LogP contribution in [0.2, 0.25) is 0 Å². The Labute approximate surface area is 622 Å². The molecule has 102 heavy (non-hydrogen) atoms. The summed E-state index contributed by atoms with van der Waals surface area (Å²) >= 11 is 6.48. The molecule has 6 aromatic heterocycles. The van der Waals surface area contributed by atoms with Crippen molar-refractivity contribution in [3.8, 4) is 0 Å². The van der Waals surface area contributed by atoms with Crippen LogP contribution in [-0.2, 0) is 92.8 Å². The number of carboxylic acids is 3. The molecule has 6 atom stereocenters. The van der Waals surface area contributed by atoms with Crippen LogP contribution >= 0.6 is 31.9 Å². The molecule has 0 bridgehead atoms. The Hall–Kier alpha value is -6.28. The molecule has 560 valence electrons. The van der Waals surface area contributed by atoms with Gasteiger partial charge in [-0.3, -0.25) is 29.5 Å². The lowest BCUT2D eigenvalue weighted by molar-refractivity contribution is -0.142. The summed E-state index contributed by atoms with van der Waals surface area (Å²) < 4.78 is 29.9. The molecule has 0 amide bonds. The van der Waals surface area contributed by atoms with Gasteiger partial charge in [-0.1, -0.05) is 56.1 Å². The van der Waals surface area contributed by atoms with Crippen LogP contribution in [0.25, 0.3) is 0 Å². The van der Waals surface area contributed by atoms with Gasteiger partial charge in [0.05, 0.1) is 24.2 Å². The number of fused-ring (bicyclic) bond motifs is 3.